The molecule has 3 aliphatic rings. The van der Waals surface area contributed by atoms with E-state index in [9.17, 15) is 22.0 Å². The fourth-order valence-corrected chi connectivity index (χ4v) is 7.39. The van der Waals surface area contributed by atoms with Crippen molar-refractivity contribution < 1.29 is 26.7 Å². The number of halogens is 3. The zero-order valence-corrected chi connectivity index (χ0v) is 22.5. The monoisotopic (exact) mass is 547 g/mol. The van der Waals surface area contributed by atoms with E-state index >= 15 is 0 Å². The normalized spacial score (nSPS) is 26.7. The number of ether oxygens (including phenoxy) is 1. The van der Waals surface area contributed by atoms with Gasteiger partial charge in [-0.15, -0.1) is 0 Å². The van der Waals surface area contributed by atoms with Gasteiger partial charge in [0, 0.05) is 49.7 Å². The average molecular weight is 548 g/mol. The minimum atomic E-state index is -4.12. The number of carbonyl (C=O) groups is 1. The molecule has 0 radical (unpaired) electrons. The first-order chi connectivity index (χ1) is 16.9. The molecule has 1 aromatic rings. The molecule has 0 bridgehead atoms. The van der Waals surface area contributed by atoms with E-state index in [1.54, 1.807) is 4.90 Å². The standard InChI is InChI=1S/C25H36ClF2N3O4S/c1-18-15-29(16-19-6-7-19)12-13-30(18)24(32)35-17-22-5-3-4-21(14-25(2,27)28)31(22)36(33,34)23-10-8-20(26)9-11-23/h8-11,18-19,21-22H,3-7,12-17H2,1-2H3. The molecule has 36 heavy (non-hydrogen) atoms. The van der Waals surface area contributed by atoms with Crippen LogP contribution in [0.3, 0.4) is 0 Å². The van der Waals surface area contributed by atoms with Crippen LogP contribution in [0.5, 0.6) is 0 Å². The first-order valence-corrected chi connectivity index (χ1v) is 14.6. The SMILES string of the molecule is CC1CN(CC2CC2)CCN1C(=O)OCC1CCCC(CC(C)(F)F)N1S(=O)(=O)c1ccc(Cl)cc1. The van der Waals surface area contributed by atoms with Crippen molar-refractivity contribution in [3.8, 4) is 0 Å². The van der Waals surface area contributed by atoms with Crippen molar-refractivity contribution in [2.24, 2.45) is 5.92 Å². The maximum Gasteiger partial charge on any atom is 0.410 e. The van der Waals surface area contributed by atoms with Crippen molar-refractivity contribution in [2.75, 3.05) is 32.8 Å². The summed E-state index contributed by atoms with van der Waals surface area (Å²) >= 11 is 5.93. The highest BCUT2D eigenvalue weighted by molar-refractivity contribution is 7.89. The Balaban J connectivity index is 1.46. The number of piperazine rings is 1. The van der Waals surface area contributed by atoms with E-state index in [1.165, 1.54) is 37.1 Å². The summed E-state index contributed by atoms with van der Waals surface area (Å²) in [5.74, 6) is -2.26. The lowest BCUT2D eigenvalue weighted by Crippen LogP contribution is -2.56. The number of alkyl halides is 2. The molecule has 11 heteroatoms. The lowest BCUT2D eigenvalue weighted by Gasteiger charge is -2.42. The first kappa shape index (κ1) is 27.5. The molecule has 3 atom stereocenters. The fourth-order valence-electron chi connectivity index (χ4n) is 5.41. The number of piperidine rings is 1. The quantitative estimate of drug-likeness (QED) is 0.465. The Labute approximate surface area is 217 Å². The summed E-state index contributed by atoms with van der Waals surface area (Å²) < 4.78 is 62.1. The summed E-state index contributed by atoms with van der Waals surface area (Å²) in [6.07, 6.45) is 2.80. The van der Waals surface area contributed by atoms with E-state index in [-0.39, 0.29) is 17.5 Å². The van der Waals surface area contributed by atoms with Crippen molar-refractivity contribution in [1.82, 2.24) is 14.1 Å². The van der Waals surface area contributed by atoms with Gasteiger partial charge in [0.05, 0.1) is 10.9 Å². The predicted octanol–water partition coefficient (Wildman–Crippen LogP) is 4.85. The van der Waals surface area contributed by atoms with Gasteiger partial charge >= 0.3 is 6.09 Å². The Bertz CT molecular complexity index is 1020. The summed E-state index contributed by atoms with van der Waals surface area (Å²) in [6.45, 7) is 5.78. The number of benzene rings is 1. The molecule has 1 aliphatic carbocycles. The maximum absolute atomic E-state index is 14.0. The van der Waals surface area contributed by atoms with Gasteiger partial charge in [-0.3, -0.25) is 4.90 Å². The third-order valence-corrected chi connectivity index (χ3v) is 9.61. The second kappa shape index (κ2) is 11.1. The molecule has 1 amide bonds. The lowest BCUT2D eigenvalue weighted by atomic mass is 9.95. The third kappa shape index (κ3) is 6.88. The molecule has 0 aromatic heterocycles. The highest BCUT2D eigenvalue weighted by Crippen LogP contribution is 2.36. The summed E-state index contributed by atoms with van der Waals surface area (Å²) in [7, 11) is -4.12. The molecule has 4 rings (SSSR count). The van der Waals surface area contributed by atoms with Gasteiger partial charge in [-0.1, -0.05) is 18.0 Å². The Morgan fingerprint density at radius 2 is 1.78 bits per heavy atom. The Morgan fingerprint density at radius 3 is 2.39 bits per heavy atom. The number of hydrogen-bond donors (Lipinski definition) is 0. The molecule has 2 aliphatic heterocycles. The predicted molar refractivity (Wildman–Crippen MR) is 134 cm³/mol. The van der Waals surface area contributed by atoms with Crippen LogP contribution in [0.4, 0.5) is 13.6 Å². The Hall–Kier alpha value is -1.49. The number of carbonyl (C=O) groups excluding carboxylic acids is 1. The van der Waals surface area contributed by atoms with Crippen molar-refractivity contribution in [1.29, 1.82) is 0 Å². The van der Waals surface area contributed by atoms with Gasteiger partial charge in [0.25, 0.3) is 0 Å². The molecule has 3 fully saturated rings. The van der Waals surface area contributed by atoms with Crippen molar-refractivity contribution in [3.63, 3.8) is 0 Å². The van der Waals surface area contributed by atoms with Crippen LogP contribution in [0.1, 0.15) is 52.4 Å². The molecule has 0 spiro atoms. The van der Waals surface area contributed by atoms with E-state index in [4.69, 9.17) is 16.3 Å². The average Bonchev–Trinajstić information content (AvgIpc) is 3.60. The number of sulfonamides is 1. The largest absolute Gasteiger partial charge is 0.448 e. The second-order valence-electron chi connectivity index (χ2n) is 10.6. The zero-order valence-electron chi connectivity index (χ0n) is 20.9. The topological polar surface area (TPSA) is 70.2 Å². The molecule has 3 unspecified atom stereocenters. The smallest absolute Gasteiger partial charge is 0.410 e. The Kier molecular flexibility index (Phi) is 8.49. The Morgan fingerprint density at radius 1 is 1.11 bits per heavy atom. The van der Waals surface area contributed by atoms with E-state index in [0.29, 0.717) is 30.8 Å². The van der Waals surface area contributed by atoms with Gasteiger partial charge in [-0.2, -0.15) is 4.31 Å². The maximum atomic E-state index is 14.0. The van der Waals surface area contributed by atoms with Crippen LogP contribution in [0.15, 0.2) is 29.2 Å². The van der Waals surface area contributed by atoms with E-state index in [2.05, 4.69) is 4.90 Å². The number of amides is 1. The van der Waals surface area contributed by atoms with Gasteiger partial charge in [0.2, 0.25) is 15.9 Å². The molecule has 2 heterocycles. The van der Waals surface area contributed by atoms with E-state index < -0.39 is 40.5 Å². The molecule has 0 N–H and O–H groups in total. The van der Waals surface area contributed by atoms with Crippen LogP contribution >= 0.6 is 11.6 Å². The zero-order chi connectivity index (χ0) is 26.1. The summed E-state index contributed by atoms with van der Waals surface area (Å²) in [4.78, 5) is 17.0. The van der Waals surface area contributed by atoms with E-state index in [0.717, 1.165) is 36.8 Å². The first-order valence-electron chi connectivity index (χ1n) is 12.8. The van der Waals surface area contributed by atoms with Crippen LogP contribution in [0, 0.1) is 5.92 Å². The minimum Gasteiger partial charge on any atom is -0.448 e. The number of rotatable bonds is 8. The van der Waals surface area contributed by atoms with Crippen LogP contribution in [-0.4, -0.2) is 85.5 Å². The van der Waals surface area contributed by atoms with Gasteiger partial charge < -0.3 is 9.64 Å². The van der Waals surface area contributed by atoms with Crippen LogP contribution in [0.2, 0.25) is 5.02 Å². The molecular formula is C25H36ClF2N3O4S. The highest BCUT2D eigenvalue weighted by atomic mass is 35.5. The summed E-state index contributed by atoms with van der Waals surface area (Å²) in [6, 6.07) is 4.04. The lowest BCUT2D eigenvalue weighted by molar-refractivity contribution is -0.0230. The highest BCUT2D eigenvalue weighted by Gasteiger charge is 2.44. The van der Waals surface area contributed by atoms with E-state index in [1.807, 2.05) is 6.92 Å². The molecule has 202 valence electrons. The van der Waals surface area contributed by atoms with Crippen LogP contribution in [0.25, 0.3) is 0 Å². The van der Waals surface area contributed by atoms with Gasteiger partial charge in [0.1, 0.15) is 6.61 Å². The molecule has 2 saturated heterocycles. The summed E-state index contributed by atoms with van der Waals surface area (Å²) in [5, 5.41) is 0.376. The minimum absolute atomic E-state index is 0.0169. The van der Waals surface area contributed by atoms with Crippen molar-refractivity contribution in [3.05, 3.63) is 29.3 Å². The van der Waals surface area contributed by atoms with Gasteiger partial charge in [-0.25, -0.2) is 22.0 Å². The number of hydrogen-bond acceptors (Lipinski definition) is 5. The molecule has 1 aromatic carbocycles. The van der Waals surface area contributed by atoms with Crippen LogP contribution in [-0.2, 0) is 14.8 Å². The molecule has 1 saturated carbocycles. The van der Waals surface area contributed by atoms with Gasteiger partial charge in [0.15, 0.2) is 0 Å². The van der Waals surface area contributed by atoms with Crippen LogP contribution < -0.4 is 0 Å². The molecular weight excluding hydrogens is 512 g/mol. The summed E-state index contributed by atoms with van der Waals surface area (Å²) in [5.41, 5.74) is 0. The van der Waals surface area contributed by atoms with Crippen molar-refractivity contribution in [2.45, 2.75) is 81.3 Å². The van der Waals surface area contributed by atoms with Gasteiger partial charge in [-0.05, 0) is 69.7 Å². The number of nitrogens with zero attached hydrogens (tertiary/aromatic N) is 3. The van der Waals surface area contributed by atoms with Crippen molar-refractivity contribution >= 4 is 27.7 Å². The molecule has 7 nitrogen and oxygen atoms in total. The fraction of sp³-hybridized carbons (Fsp3) is 0.720. The second-order valence-corrected chi connectivity index (χ2v) is 12.9. The third-order valence-electron chi connectivity index (χ3n) is 7.34.